The summed E-state index contributed by atoms with van der Waals surface area (Å²) in [4.78, 5) is 23.7. The first-order valence-electron chi connectivity index (χ1n) is 7.26. The van der Waals surface area contributed by atoms with Crippen LogP contribution in [-0.4, -0.2) is 24.5 Å². The minimum absolute atomic E-state index is 0.123. The molecule has 0 radical (unpaired) electrons. The molecule has 0 aliphatic rings. The summed E-state index contributed by atoms with van der Waals surface area (Å²) in [7, 11) is 0. The summed E-state index contributed by atoms with van der Waals surface area (Å²) in [5, 5.41) is 2.81. The Morgan fingerprint density at radius 1 is 0.955 bits per heavy atom. The van der Waals surface area contributed by atoms with Gasteiger partial charge in [0.05, 0.1) is 5.56 Å². The molecule has 0 aromatic heterocycles. The number of carbonyl (C=O) groups excluding carboxylic acids is 2. The van der Waals surface area contributed by atoms with E-state index in [2.05, 4.69) is 5.32 Å². The highest BCUT2D eigenvalue weighted by Gasteiger charge is 2.12. The van der Waals surface area contributed by atoms with Crippen LogP contribution in [0.4, 0.5) is 0 Å². The molecule has 0 aliphatic carbocycles. The zero-order valence-electron chi connectivity index (χ0n) is 12.5. The van der Waals surface area contributed by atoms with Crippen molar-refractivity contribution < 1.29 is 14.3 Å². The highest BCUT2D eigenvalue weighted by molar-refractivity contribution is 5.94. The fourth-order valence-electron chi connectivity index (χ4n) is 1.96. The molecule has 4 nitrogen and oxygen atoms in total. The maximum absolute atomic E-state index is 11.9. The molecule has 0 heterocycles. The second kappa shape index (κ2) is 7.98. The number of ether oxygens (including phenoxy) is 1. The Morgan fingerprint density at radius 2 is 1.50 bits per heavy atom. The summed E-state index contributed by atoms with van der Waals surface area (Å²) < 4.78 is 5.33. The normalized spacial score (nSPS) is 11.5. The van der Waals surface area contributed by atoms with Gasteiger partial charge in [-0.2, -0.15) is 0 Å². The van der Waals surface area contributed by atoms with Crippen LogP contribution in [0.25, 0.3) is 0 Å². The van der Waals surface area contributed by atoms with E-state index in [0.717, 1.165) is 0 Å². The molecule has 2 aromatic rings. The lowest BCUT2D eigenvalue weighted by molar-refractivity contribution is 0.0326. The van der Waals surface area contributed by atoms with E-state index >= 15 is 0 Å². The molecule has 1 amide bonds. The molecule has 2 rings (SSSR count). The molecular formula is C18H19NO3. The molecule has 1 atom stereocenters. The van der Waals surface area contributed by atoms with Gasteiger partial charge >= 0.3 is 5.97 Å². The van der Waals surface area contributed by atoms with Gasteiger partial charge in [0.25, 0.3) is 5.91 Å². The Bertz CT molecular complexity index is 611. The van der Waals surface area contributed by atoms with Crippen molar-refractivity contribution in [1.82, 2.24) is 5.32 Å². The smallest absolute Gasteiger partial charge is 0.338 e. The van der Waals surface area contributed by atoms with Gasteiger partial charge in [-0.1, -0.05) is 36.4 Å². The van der Waals surface area contributed by atoms with Crippen molar-refractivity contribution in [2.45, 2.75) is 19.4 Å². The van der Waals surface area contributed by atoms with Crippen molar-refractivity contribution in [1.29, 1.82) is 0 Å². The second-order valence-corrected chi connectivity index (χ2v) is 4.99. The molecule has 114 valence electrons. The van der Waals surface area contributed by atoms with E-state index in [4.69, 9.17) is 4.74 Å². The van der Waals surface area contributed by atoms with E-state index in [1.54, 1.807) is 36.4 Å². The number of benzene rings is 2. The van der Waals surface area contributed by atoms with Crippen molar-refractivity contribution in [3.8, 4) is 0 Å². The molecule has 0 fully saturated rings. The van der Waals surface area contributed by atoms with Crippen molar-refractivity contribution >= 4 is 11.9 Å². The van der Waals surface area contributed by atoms with E-state index in [-0.39, 0.29) is 18.0 Å². The quantitative estimate of drug-likeness (QED) is 0.834. The molecule has 0 bridgehead atoms. The predicted octanol–water partition coefficient (Wildman–Crippen LogP) is 3.05. The van der Waals surface area contributed by atoms with Crippen LogP contribution >= 0.6 is 0 Å². The second-order valence-electron chi connectivity index (χ2n) is 4.99. The fraction of sp³-hybridized carbons (Fsp3) is 0.222. The number of amides is 1. The number of esters is 1. The van der Waals surface area contributed by atoms with Crippen LogP contribution in [-0.2, 0) is 4.74 Å². The van der Waals surface area contributed by atoms with Gasteiger partial charge in [-0.05, 0) is 31.2 Å². The number of carbonyl (C=O) groups is 2. The molecule has 2 aromatic carbocycles. The van der Waals surface area contributed by atoms with Crippen LogP contribution < -0.4 is 5.32 Å². The van der Waals surface area contributed by atoms with Gasteiger partial charge < -0.3 is 10.1 Å². The van der Waals surface area contributed by atoms with Crippen LogP contribution in [0.3, 0.4) is 0 Å². The van der Waals surface area contributed by atoms with Crippen LogP contribution in [0.2, 0.25) is 0 Å². The molecule has 0 saturated carbocycles. The van der Waals surface area contributed by atoms with Crippen LogP contribution in [0.1, 0.15) is 34.1 Å². The largest absolute Gasteiger partial charge is 0.459 e. The number of rotatable bonds is 6. The lowest BCUT2D eigenvalue weighted by Gasteiger charge is -2.13. The molecular weight excluding hydrogens is 278 g/mol. The molecule has 0 spiro atoms. The Labute approximate surface area is 130 Å². The van der Waals surface area contributed by atoms with E-state index in [1.807, 2.05) is 31.2 Å². The Morgan fingerprint density at radius 3 is 2.09 bits per heavy atom. The zero-order valence-corrected chi connectivity index (χ0v) is 12.5. The van der Waals surface area contributed by atoms with E-state index in [1.165, 1.54) is 0 Å². The summed E-state index contributed by atoms with van der Waals surface area (Å²) in [5.74, 6) is -0.468. The molecule has 0 aliphatic heterocycles. The average molecular weight is 297 g/mol. The van der Waals surface area contributed by atoms with Gasteiger partial charge in [-0.15, -0.1) is 0 Å². The first kappa shape index (κ1) is 15.8. The summed E-state index contributed by atoms with van der Waals surface area (Å²) in [6.45, 7) is 2.27. The molecule has 22 heavy (non-hydrogen) atoms. The molecule has 4 heteroatoms. The zero-order chi connectivity index (χ0) is 15.8. The first-order chi connectivity index (χ1) is 10.7. The molecule has 1 unspecified atom stereocenters. The van der Waals surface area contributed by atoms with Crippen molar-refractivity contribution in [2.24, 2.45) is 0 Å². The van der Waals surface area contributed by atoms with E-state index in [0.29, 0.717) is 24.1 Å². The number of nitrogens with one attached hydrogen (secondary N) is 1. The lowest BCUT2D eigenvalue weighted by Crippen LogP contribution is -2.27. The predicted molar refractivity (Wildman–Crippen MR) is 84.7 cm³/mol. The number of hydrogen-bond donors (Lipinski definition) is 1. The van der Waals surface area contributed by atoms with Gasteiger partial charge in [0.2, 0.25) is 0 Å². The average Bonchev–Trinajstić information content (AvgIpc) is 2.56. The van der Waals surface area contributed by atoms with Crippen molar-refractivity contribution in [3.63, 3.8) is 0 Å². The highest BCUT2D eigenvalue weighted by Crippen LogP contribution is 2.06. The molecule has 1 N–H and O–H groups in total. The summed E-state index contributed by atoms with van der Waals surface area (Å²) in [6, 6.07) is 17.9. The van der Waals surface area contributed by atoms with Gasteiger partial charge in [0, 0.05) is 18.5 Å². The standard InChI is InChI=1S/C18H19NO3/c1-14(22-18(21)16-10-6-3-7-11-16)12-13-19-17(20)15-8-4-2-5-9-15/h2-11,14H,12-13H2,1H3,(H,19,20). The van der Waals surface area contributed by atoms with Gasteiger partial charge in [-0.3, -0.25) is 4.79 Å². The van der Waals surface area contributed by atoms with E-state index < -0.39 is 0 Å². The molecule has 0 saturated heterocycles. The summed E-state index contributed by atoms with van der Waals surface area (Å²) in [5.41, 5.74) is 1.15. The maximum atomic E-state index is 11.9. The van der Waals surface area contributed by atoms with Gasteiger partial charge in [-0.25, -0.2) is 4.79 Å². The minimum atomic E-state index is -0.345. The van der Waals surface area contributed by atoms with Crippen LogP contribution in [0.5, 0.6) is 0 Å². The third-order valence-corrected chi connectivity index (χ3v) is 3.19. The lowest BCUT2D eigenvalue weighted by atomic mass is 10.2. The SMILES string of the molecule is CC(CCNC(=O)c1ccccc1)OC(=O)c1ccccc1. The first-order valence-corrected chi connectivity index (χ1v) is 7.26. The number of hydrogen-bond acceptors (Lipinski definition) is 3. The maximum Gasteiger partial charge on any atom is 0.338 e. The monoisotopic (exact) mass is 297 g/mol. The van der Waals surface area contributed by atoms with Crippen molar-refractivity contribution in [3.05, 3.63) is 71.8 Å². The highest BCUT2D eigenvalue weighted by atomic mass is 16.5. The fourth-order valence-corrected chi connectivity index (χ4v) is 1.96. The Balaban J connectivity index is 1.73. The third kappa shape index (κ3) is 4.74. The summed E-state index contributed by atoms with van der Waals surface area (Å²) in [6.07, 6.45) is 0.306. The Kier molecular flexibility index (Phi) is 5.72. The van der Waals surface area contributed by atoms with Crippen molar-refractivity contribution in [2.75, 3.05) is 6.54 Å². The van der Waals surface area contributed by atoms with E-state index in [9.17, 15) is 9.59 Å². The van der Waals surface area contributed by atoms with Gasteiger partial charge in [0.15, 0.2) is 0 Å². The van der Waals surface area contributed by atoms with Gasteiger partial charge in [0.1, 0.15) is 6.10 Å². The third-order valence-electron chi connectivity index (χ3n) is 3.19. The summed E-state index contributed by atoms with van der Waals surface area (Å²) >= 11 is 0. The minimum Gasteiger partial charge on any atom is -0.459 e. The van der Waals surface area contributed by atoms with Crippen LogP contribution in [0, 0.1) is 0 Å². The Hall–Kier alpha value is -2.62. The van der Waals surface area contributed by atoms with Crippen LogP contribution in [0.15, 0.2) is 60.7 Å². The topological polar surface area (TPSA) is 55.4 Å².